The van der Waals surface area contributed by atoms with Crippen molar-refractivity contribution in [3.8, 4) is 0 Å². The monoisotopic (exact) mass is 786 g/mol. The van der Waals surface area contributed by atoms with E-state index >= 15 is 0 Å². The van der Waals surface area contributed by atoms with Crippen molar-refractivity contribution in [3.63, 3.8) is 0 Å². The Morgan fingerprint density at radius 2 is 0.837 bits per heavy atom. The topological polar surface area (TPSA) is 254 Å². The third kappa shape index (κ3) is 39.1. The van der Waals surface area contributed by atoms with Crippen LogP contribution in [-0.2, 0) is 64.7 Å². The first kappa shape index (κ1) is 55.8. The van der Waals surface area contributed by atoms with Crippen LogP contribution >= 0.6 is 23.2 Å². The van der Waals surface area contributed by atoms with Gasteiger partial charge in [-0.05, 0) is 55.4 Å². The van der Waals surface area contributed by atoms with Gasteiger partial charge in [-0.2, -0.15) is 0 Å². The molecule has 0 rings (SSSR count). The molecule has 0 spiro atoms. The van der Waals surface area contributed by atoms with Crippen molar-refractivity contribution in [1.29, 1.82) is 0 Å². The first-order valence-electron chi connectivity index (χ1n) is 14.8. The Morgan fingerprint density at radius 3 is 1.16 bits per heavy atom. The molecule has 22 heteroatoms. The quantitative estimate of drug-likeness (QED) is 0.0399. The molecule has 5 unspecified atom stereocenters. The zero-order valence-corrected chi connectivity index (χ0v) is 31.2. The molecule has 0 amide bonds. The van der Waals surface area contributed by atoms with Gasteiger partial charge in [-0.1, -0.05) is 14.9 Å². The predicted molar refractivity (Wildman–Crippen MR) is 180 cm³/mol. The minimum absolute atomic E-state index is 0. The Morgan fingerprint density at radius 1 is 0.490 bits per heavy atom. The third-order valence-electron chi connectivity index (χ3n) is 4.50. The standard InChI is InChI=1S/C13H30O11P2.C12H27O8P.2CH4/c1-11(2)23-25(15,16)10-21-8-19-6-13(5-14)7-20-9-22-26(17,18)24-12(3)4;1-10(2)18-8-16-6-12(5-13)7-17-9-19-21(14,15)20-11(3)4;;/h11-14H,5-10H2,1-4H3,(H,15,16)(H,17,18);10-13H,5-9H2,1-4H3,(H,14,15);2*1H4. The van der Waals surface area contributed by atoms with Crippen LogP contribution in [0.5, 0.6) is 0 Å². The zero-order chi connectivity index (χ0) is 36.5. The summed E-state index contributed by atoms with van der Waals surface area (Å²) < 4.78 is 88.2. The molecule has 0 aromatic rings. The Balaban J connectivity index is -0.000000405. The number of aliphatic hydroxyl groups is 2. The molecule has 0 heterocycles. The van der Waals surface area contributed by atoms with Gasteiger partial charge < -0.3 is 57.8 Å². The van der Waals surface area contributed by atoms with E-state index in [-0.39, 0.29) is 80.1 Å². The second kappa shape index (κ2) is 31.6. The lowest BCUT2D eigenvalue weighted by molar-refractivity contribution is -0.103. The molecular formula is C27H65O19P3. The van der Waals surface area contributed by atoms with E-state index in [9.17, 15) is 33.5 Å². The van der Waals surface area contributed by atoms with E-state index in [1.807, 2.05) is 13.8 Å². The first-order valence-corrected chi connectivity index (χ1v) is 19.5. The molecule has 19 nitrogen and oxygen atoms in total. The molecule has 0 fully saturated rings. The summed E-state index contributed by atoms with van der Waals surface area (Å²) in [6, 6.07) is 0. The number of aliphatic hydroxyl groups excluding tert-OH is 2. The lowest BCUT2D eigenvalue weighted by Gasteiger charge is -2.18. The lowest BCUT2D eigenvalue weighted by atomic mass is 10.2. The number of hydrogen-bond acceptors (Lipinski definition) is 16. The zero-order valence-electron chi connectivity index (χ0n) is 28.5. The highest BCUT2D eigenvalue weighted by atomic mass is 31.2. The maximum absolute atomic E-state index is 11.5. The van der Waals surface area contributed by atoms with Crippen LogP contribution < -0.4 is 0 Å². The van der Waals surface area contributed by atoms with Crippen LogP contribution in [0.3, 0.4) is 0 Å². The second-order valence-electron chi connectivity index (χ2n) is 10.9. The van der Waals surface area contributed by atoms with Crippen molar-refractivity contribution in [2.24, 2.45) is 11.8 Å². The van der Waals surface area contributed by atoms with Gasteiger partial charge in [-0.25, -0.2) is 9.13 Å². The molecular weight excluding hydrogens is 721 g/mol. The van der Waals surface area contributed by atoms with Gasteiger partial charge in [0.15, 0.2) is 19.9 Å². The number of ether oxygens (including phenoxy) is 6. The summed E-state index contributed by atoms with van der Waals surface area (Å²) in [6.45, 7) is 12.4. The van der Waals surface area contributed by atoms with Crippen molar-refractivity contribution >= 4 is 23.2 Å². The number of phosphoric acid groups is 2. The summed E-state index contributed by atoms with van der Waals surface area (Å²) in [7, 11) is -12.1. The normalized spacial score (nSPS) is 16.6. The van der Waals surface area contributed by atoms with E-state index in [0.29, 0.717) is 0 Å². The van der Waals surface area contributed by atoms with Crippen LogP contribution in [0.15, 0.2) is 0 Å². The van der Waals surface area contributed by atoms with Crippen molar-refractivity contribution in [2.75, 3.05) is 73.2 Å². The highest BCUT2D eigenvalue weighted by molar-refractivity contribution is 7.52. The summed E-state index contributed by atoms with van der Waals surface area (Å²) >= 11 is 0. The van der Waals surface area contributed by atoms with Gasteiger partial charge in [0, 0.05) is 11.8 Å². The highest BCUT2D eigenvalue weighted by Crippen LogP contribution is 2.45. The molecule has 0 aromatic carbocycles. The van der Waals surface area contributed by atoms with E-state index in [4.69, 9.17) is 42.6 Å². The smallest absolute Gasteiger partial charge is 0.396 e. The summed E-state index contributed by atoms with van der Waals surface area (Å²) in [5, 5.41) is 18.4. The van der Waals surface area contributed by atoms with Gasteiger partial charge in [0.25, 0.3) is 0 Å². The molecule has 49 heavy (non-hydrogen) atoms. The van der Waals surface area contributed by atoms with Crippen LogP contribution in [0.25, 0.3) is 0 Å². The highest BCUT2D eigenvalue weighted by Gasteiger charge is 2.24. The minimum Gasteiger partial charge on any atom is -0.396 e. The molecule has 5 N–H and O–H groups in total. The third-order valence-corrected chi connectivity index (χ3v) is 8.00. The van der Waals surface area contributed by atoms with E-state index < -0.39 is 67.4 Å². The lowest BCUT2D eigenvalue weighted by Crippen LogP contribution is -2.22. The summed E-state index contributed by atoms with van der Waals surface area (Å²) in [5.74, 6) is -0.715. The fourth-order valence-corrected chi connectivity index (χ4v) is 5.35. The Hall–Kier alpha value is 0.0500. The average molecular weight is 787 g/mol. The fourth-order valence-electron chi connectivity index (χ4n) is 2.72. The van der Waals surface area contributed by atoms with Crippen molar-refractivity contribution in [2.45, 2.75) is 94.7 Å². The molecule has 0 saturated carbocycles. The predicted octanol–water partition coefficient (Wildman–Crippen LogP) is 4.45. The van der Waals surface area contributed by atoms with Gasteiger partial charge in [0.1, 0.15) is 13.6 Å². The van der Waals surface area contributed by atoms with E-state index in [1.54, 1.807) is 41.5 Å². The molecule has 0 radical (unpaired) electrons. The summed E-state index contributed by atoms with van der Waals surface area (Å²) in [6.07, 6.45) is -1.76. The molecule has 0 aliphatic rings. The van der Waals surface area contributed by atoms with Crippen LogP contribution in [0.4, 0.5) is 0 Å². The molecule has 302 valence electrons. The Bertz CT molecular complexity index is 893. The second-order valence-corrected chi connectivity index (χ2v) is 15.5. The van der Waals surface area contributed by atoms with Crippen molar-refractivity contribution < 1.29 is 89.6 Å². The minimum atomic E-state index is -4.17. The van der Waals surface area contributed by atoms with E-state index in [2.05, 4.69) is 13.6 Å². The van der Waals surface area contributed by atoms with Gasteiger partial charge in [-0.15, -0.1) is 0 Å². The average Bonchev–Trinajstić information content (AvgIpc) is 2.91. The largest absolute Gasteiger partial charge is 0.474 e. The molecule has 0 aliphatic heterocycles. The number of hydrogen-bond donors (Lipinski definition) is 5. The van der Waals surface area contributed by atoms with Crippen molar-refractivity contribution in [3.05, 3.63) is 0 Å². The van der Waals surface area contributed by atoms with Crippen LogP contribution in [0.1, 0.15) is 70.2 Å². The van der Waals surface area contributed by atoms with Crippen LogP contribution in [-0.4, -0.2) is 122 Å². The maximum Gasteiger partial charge on any atom is 0.474 e. The molecule has 0 aromatic heterocycles. The Kier molecular flexibility index (Phi) is 35.9. The molecule has 0 aliphatic carbocycles. The maximum atomic E-state index is 11.5. The van der Waals surface area contributed by atoms with Gasteiger partial charge in [-0.3, -0.25) is 22.7 Å². The van der Waals surface area contributed by atoms with Crippen LogP contribution in [0.2, 0.25) is 0 Å². The molecule has 0 saturated heterocycles. The number of rotatable bonds is 29. The fraction of sp³-hybridized carbons (Fsp3) is 1.00. The number of phosphoric ester groups is 2. The van der Waals surface area contributed by atoms with Gasteiger partial charge >= 0.3 is 23.2 Å². The summed E-state index contributed by atoms with van der Waals surface area (Å²) in [5.41, 5.74) is 0. The Labute approximate surface area is 292 Å². The van der Waals surface area contributed by atoms with Crippen LogP contribution in [0, 0.1) is 11.8 Å². The van der Waals surface area contributed by atoms with Crippen molar-refractivity contribution in [1.82, 2.24) is 0 Å². The van der Waals surface area contributed by atoms with Gasteiger partial charge in [0.2, 0.25) is 0 Å². The summed E-state index contributed by atoms with van der Waals surface area (Å²) in [4.78, 5) is 28.0. The first-order chi connectivity index (χ1) is 21.7. The molecule has 0 bridgehead atoms. The van der Waals surface area contributed by atoms with E-state index in [0.717, 1.165) is 0 Å². The molecule has 5 atom stereocenters. The van der Waals surface area contributed by atoms with Gasteiger partial charge in [0.05, 0.1) is 64.1 Å². The SMILES string of the molecule is C.C.CC(C)OCOCC(CO)COCOP(=O)(O)OC(C)C.CC(C)OP(=O)(O)COCOCC(CO)COCOP(=O)(O)OC(C)C. The van der Waals surface area contributed by atoms with E-state index in [1.165, 1.54) is 0 Å².